The monoisotopic (exact) mass is 576 g/mol. The van der Waals surface area contributed by atoms with E-state index >= 15 is 0 Å². The third-order valence-electron chi connectivity index (χ3n) is 5.82. The molecule has 1 aromatic carbocycles. The summed E-state index contributed by atoms with van der Waals surface area (Å²) in [6, 6.07) is 12.0. The first kappa shape index (κ1) is 26.1. The van der Waals surface area contributed by atoms with Crippen molar-refractivity contribution in [2.24, 2.45) is 4.99 Å². The Labute approximate surface area is 207 Å². The summed E-state index contributed by atoms with van der Waals surface area (Å²) < 4.78 is 25.7. The van der Waals surface area contributed by atoms with Gasteiger partial charge in [0.1, 0.15) is 0 Å². The first-order valence-corrected chi connectivity index (χ1v) is 13.0. The first-order chi connectivity index (χ1) is 14.5. The number of nitrogens with one attached hydrogen (secondary N) is 3. The van der Waals surface area contributed by atoms with Gasteiger partial charge in [-0.1, -0.05) is 49.6 Å². The number of sulfonamides is 1. The molecule has 0 aliphatic heterocycles. The van der Waals surface area contributed by atoms with Crippen LogP contribution >= 0.6 is 35.3 Å². The number of nitrogens with zero attached hydrogens (tertiary/aromatic N) is 1. The van der Waals surface area contributed by atoms with Crippen molar-refractivity contribution in [2.75, 3.05) is 20.6 Å². The van der Waals surface area contributed by atoms with Gasteiger partial charge in [-0.3, -0.25) is 4.99 Å². The van der Waals surface area contributed by atoms with Crippen LogP contribution in [0.3, 0.4) is 0 Å². The van der Waals surface area contributed by atoms with Crippen LogP contribution in [-0.4, -0.2) is 35.0 Å². The average Bonchev–Trinajstić information content (AvgIpc) is 3.31. The average molecular weight is 577 g/mol. The number of rotatable bonds is 8. The molecule has 1 heterocycles. The third kappa shape index (κ3) is 7.44. The molecule has 0 bridgehead atoms. The normalized spacial score (nSPS) is 16.4. The van der Waals surface area contributed by atoms with Gasteiger partial charge in [0.2, 0.25) is 10.0 Å². The fourth-order valence-corrected chi connectivity index (χ4v) is 5.79. The first-order valence-electron chi connectivity index (χ1n) is 10.4. The lowest BCUT2D eigenvalue weighted by Gasteiger charge is -2.37. The van der Waals surface area contributed by atoms with Crippen LogP contribution in [0.1, 0.15) is 48.1 Å². The minimum atomic E-state index is -3.25. The number of hydrogen-bond donors (Lipinski definition) is 3. The van der Waals surface area contributed by atoms with Gasteiger partial charge in [0, 0.05) is 30.4 Å². The Bertz CT molecular complexity index is 923. The molecule has 0 spiro atoms. The van der Waals surface area contributed by atoms with E-state index in [9.17, 15) is 8.42 Å². The molecular weight excluding hydrogens is 543 g/mol. The lowest BCUT2D eigenvalue weighted by molar-refractivity contribution is 0.296. The summed E-state index contributed by atoms with van der Waals surface area (Å²) in [5, 5.41) is 9.10. The molecular formula is C22H33IN4O2S2. The molecule has 3 N–H and O–H groups in total. The summed E-state index contributed by atoms with van der Waals surface area (Å²) in [7, 11) is -0.0276. The smallest absolute Gasteiger partial charge is 0.215 e. The van der Waals surface area contributed by atoms with Crippen LogP contribution in [0, 0.1) is 0 Å². The molecule has 172 valence electrons. The molecule has 0 amide bonds. The van der Waals surface area contributed by atoms with Gasteiger partial charge in [0.15, 0.2) is 5.96 Å². The molecule has 1 aliphatic rings. The molecule has 0 radical (unpaired) electrons. The fourth-order valence-electron chi connectivity index (χ4n) is 4.02. The van der Waals surface area contributed by atoms with Crippen LogP contribution in [0.15, 0.2) is 46.8 Å². The van der Waals surface area contributed by atoms with Gasteiger partial charge in [-0.25, -0.2) is 13.1 Å². The van der Waals surface area contributed by atoms with E-state index in [2.05, 4.69) is 37.9 Å². The second kappa shape index (κ2) is 12.2. The molecule has 1 fully saturated rings. The maximum Gasteiger partial charge on any atom is 0.215 e. The molecule has 0 saturated heterocycles. The van der Waals surface area contributed by atoms with Crippen molar-refractivity contribution in [1.29, 1.82) is 0 Å². The van der Waals surface area contributed by atoms with Gasteiger partial charge in [-0.15, -0.1) is 35.3 Å². The molecule has 6 nitrogen and oxygen atoms in total. The van der Waals surface area contributed by atoms with E-state index in [1.165, 1.54) is 44.0 Å². The Kier molecular flexibility index (Phi) is 10.2. The van der Waals surface area contributed by atoms with Gasteiger partial charge in [-0.2, -0.15) is 0 Å². The van der Waals surface area contributed by atoms with Crippen LogP contribution in [0.25, 0.3) is 0 Å². The number of halogens is 1. The Morgan fingerprint density at radius 3 is 2.32 bits per heavy atom. The number of hydrogen-bond acceptors (Lipinski definition) is 4. The third-order valence-corrected chi connectivity index (χ3v) is 8.27. The molecule has 9 heteroatoms. The predicted octanol–water partition coefficient (Wildman–Crippen LogP) is 3.98. The second-order valence-corrected chi connectivity index (χ2v) is 10.8. The summed E-state index contributed by atoms with van der Waals surface area (Å²) in [5.74, 6) is 0.781. The van der Waals surface area contributed by atoms with Gasteiger partial charge in [0.25, 0.3) is 0 Å². The largest absolute Gasteiger partial charge is 0.355 e. The standard InChI is InChI=1S/C22H32N4O2S2.HI/c1-23-21(25-15-18-8-10-19(11-9-18)16-30(27,28)24-2)26-17-22(12-4-3-5-13-22)20-7-6-14-29-20;/h6-11,14,24H,3-5,12-13,15-17H2,1-2H3,(H2,23,25,26);1H. The molecule has 2 aromatic rings. The van der Waals surface area contributed by atoms with Gasteiger partial charge in [-0.05, 0) is 42.5 Å². The van der Waals surface area contributed by atoms with Crippen molar-refractivity contribution in [3.8, 4) is 0 Å². The van der Waals surface area contributed by atoms with Crippen molar-refractivity contribution in [1.82, 2.24) is 15.4 Å². The van der Waals surface area contributed by atoms with E-state index in [0.29, 0.717) is 6.54 Å². The minimum Gasteiger partial charge on any atom is -0.355 e. The van der Waals surface area contributed by atoms with Crippen LogP contribution in [0.2, 0.25) is 0 Å². The summed E-state index contributed by atoms with van der Waals surface area (Å²) >= 11 is 1.86. The highest BCUT2D eigenvalue weighted by Crippen LogP contribution is 2.41. The van der Waals surface area contributed by atoms with E-state index in [1.54, 1.807) is 7.05 Å². The van der Waals surface area contributed by atoms with Crippen molar-refractivity contribution >= 4 is 51.3 Å². The van der Waals surface area contributed by atoms with E-state index in [4.69, 9.17) is 0 Å². The summed E-state index contributed by atoms with van der Waals surface area (Å²) in [4.78, 5) is 5.86. The van der Waals surface area contributed by atoms with Gasteiger partial charge in [0.05, 0.1) is 5.75 Å². The van der Waals surface area contributed by atoms with Crippen molar-refractivity contribution in [3.05, 3.63) is 57.8 Å². The van der Waals surface area contributed by atoms with Crippen LogP contribution in [0.5, 0.6) is 0 Å². The predicted molar refractivity (Wildman–Crippen MR) is 141 cm³/mol. The molecule has 1 aliphatic carbocycles. The Hall–Kier alpha value is -1.17. The SMILES string of the molecule is CN=C(NCc1ccc(CS(=O)(=O)NC)cc1)NCC1(c2cccs2)CCCCC1.I. The lowest BCUT2D eigenvalue weighted by Crippen LogP contribution is -2.46. The summed E-state index contributed by atoms with van der Waals surface area (Å²) in [5.41, 5.74) is 2.05. The van der Waals surface area contributed by atoms with Crippen LogP contribution in [0.4, 0.5) is 0 Å². The van der Waals surface area contributed by atoms with Crippen LogP contribution < -0.4 is 15.4 Å². The highest BCUT2D eigenvalue weighted by Gasteiger charge is 2.34. The van der Waals surface area contributed by atoms with E-state index in [-0.39, 0.29) is 35.1 Å². The fraction of sp³-hybridized carbons (Fsp3) is 0.500. The Balaban J connectivity index is 0.00000341. The van der Waals surface area contributed by atoms with E-state index in [1.807, 2.05) is 35.6 Å². The topological polar surface area (TPSA) is 82.6 Å². The molecule has 0 unspecified atom stereocenters. The van der Waals surface area contributed by atoms with Crippen LogP contribution in [-0.2, 0) is 27.7 Å². The number of benzene rings is 1. The Morgan fingerprint density at radius 1 is 1.06 bits per heavy atom. The van der Waals surface area contributed by atoms with Crippen molar-refractivity contribution < 1.29 is 8.42 Å². The lowest BCUT2D eigenvalue weighted by atomic mass is 9.73. The highest BCUT2D eigenvalue weighted by atomic mass is 127. The van der Waals surface area contributed by atoms with Gasteiger partial charge < -0.3 is 10.6 Å². The summed E-state index contributed by atoms with van der Waals surface area (Å²) in [6.07, 6.45) is 6.32. The molecule has 31 heavy (non-hydrogen) atoms. The Morgan fingerprint density at radius 2 is 1.74 bits per heavy atom. The maximum absolute atomic E-state index is 11.7. The molecule has 0 atom stereocenters. The highest BCUT2D eigenvalue weighted by molar-refractivity contribution is 14.0. The van der Waals surface area contributed by atoms with Gasteiger partial charge >= 0.3 is 0 Å². The van der Waals surface area contributed by atoms with E-state index < -0.39 is 10.0 Å². The zero-order chi connectivity index (χ0) is 21.5. The minimum absolute atomic E-state index is 0. The number of guanidine groups is 1. The summed E-state index contributed by atoms with van der Waals surface area (Å²) in [6.45, 7) is 1.51. The molecule has 1 saturated carbocycles. The molecule has 3 rings (SSSR count). The van der Waals surface area contributed by atoms with Crippen molar-refractivity contribution in [2.45, 2.75) is 49.8 Å². The maximum atomic E-state index is 11.7. The number of thiophene rings is 1. The quantitative estimate of drug-likeness (QED) is 0.252. The van der Waals surface area contributed by atoms with E-state index in [0.717, 1.165) is 23.6 Å². The zero-order valence-corrected chi connectivity index (χ0v) is 22.2. The zero-order valence-electron chi connectivity index (χ0n) is 18.2. The number of aliphatic imine (C=N–C) groups is 1. The molecule has 1 aromatic heterocycles. The second-order valence-electron chi connectivity index (χ2n) is 7.88. The van der Waals surface area contributed by atoms with Crippen molar-refractivity contribution in [3.63, 3.8) is 0 Å².